The molecule has 1 aliphatic carbocycles. The summed E-state index contributed by atoms with van der Waals surface area (Å²) in [6, 6.07) is 0. The number of hydrogen-bond donors (Lipinski definition) is 0. The van der Waals surface area contributed by atoms with E-state index in [0.717, 1.165) is 0 Å². The number of halogens is 3. The predicted molar refractivity (Wildman–Crippen MR) is 72.6 cm³/mol. The van der Waals surface area contributed by atoms with E-state index in [0.29, 0.717) is 19.3 Å². The minimum Gasteiger partial charge on any atom is -0.469 e. The number of rotatable bonds is 5. The second-order valence-corrected chi connectivity index (χ2v) is 8.36. The summed E-state index contributed by atoms with van der Waals surface area (Å²) in [4.78, 5) is 11.5. The van der Waals surface area contributed by atoms with Crippen LogP contribution >= 0.6 is 11.6 Å². The topological polar surface area (TPSA) is 63.7 Å². The van der Waals surface area contributed by atoms with Gasteiger partial charge >= 0.3 is 11.4 Å². The number of carbonyl (C=O) groups is 1. The Morgan fingerprint density at radius 1 is 1.43 bits per heavy atom. The number of nitrogens with zero attached hydrogens (tertiary/aromatic N) is 1. The number of hydrogen-bond acceptors (Lipinski definition) is 4. The van der Waals surface area contributed by atoms with Crippen LogP contribution in [0.5, 0.6) is 0 Å². The van der Waals surface area contributed by atoms with Gasteiger partial charge in [-0.3, -0.25) is 4.79 Å². The molecule has 0 radical (unpaired) electrons. The SMILES string of the molecule is COC(=O)[C@@H]1CC12CCN(S(=O)(=O)CCC(F)(F)Cl)CC2. The number of alkyl halides is 3. The first-order chi connectivity index (χ1) is 9.60. The van der Waals surface area contributed by atoms with Gasteiger partial charge in [-0.05, 0) is 36.3 Å². The Morgan fingerprint density at radius 3 is 2.48 bits per heavy atom. The normalized spacial score (nSPS) is 25.8. The number of ether oxygens (including phenoxy) is 1. The fraction of sp³-hybridized carbons (Fsp3) is 0.917. The minimum atomic E-state index is -3.73. The van der Waals surface area contributed by atoms with Gasteiger partial charge in [-0.2, -0.15) is 8.78 Å². The highest BCUT2D eigenvalue weighted by Gasteiger charge is 2.59. The van der Waals surface area contributed by atoms with Crippen molar-refractivity contribution >= 4 is 27.6 Å². The van der Waals surface area contributed by atoms with Crippen LogP contribution in [0.4, 0.5) is 8.78 Å². The van der Waals surface area contributed by atoms with Crippen molar-refractivity contribution in [3.05, 3.63) is 0 Å². The van der Waals surface area contributed by atoms with Gasteiger partial charge in [0.2, 0.25) is 10.0 Å². The molecule has 21 heavy (non-hydrogen) atoms. The van der Waals surface area contributed by atoms with E-state index in [-0.39, 0.29) is 30.4 Å². The van der Waals surface area contributed by atoms with Gasteiger partial charge in [0.05, 0.1) is 18.8 Å². The van der Waals surface area contributed by atoms with E-state index in [1.165, 1.54) is 11.4 Å². The molecule has 1 atom stereocenters. The molecule has 1 aliphatic heterocycles. The molecule has 5 nitrogen and oxygen atoms in total. The van der Waals surface area contributed by atoms with Crippen molar-refractivity contribution in [3.8, 4) is 0 Å². The average molecular weight is 346 g/mol. The lowest BCUT2D eigenvalue weighted by atomic mass is 9.92. The highest BCUT2D eigenvalue weighted by atomic mass is 35.5. The Labute approximate surface area is 127 Å². The third-order valence-electron chi connectivity index (χ3n) is 4.43. The lowest BCUT2D eigenvalue weighted by molar-refractivity contribution is -0.143. The molecular formula is C12H18ClF2NO4S. The molecule has 0 bridgehead atoms. The molecule has 1 spiro atoms. The molecule has 1 saturated carbocycles. The average Bonchev–Trinajstić information content (AvgIpc) is 3.09. The van der Waals surface area contributed by atoms with Gasteiger partial charge in [0.1, 0.15) is 0 Å². The summed E-state index contributed by atoms with van der Waals surface area (Å²) in [5.41, 5.74) is -0.157. The second-order valence-electron chi connectivity index (χ2n) is 5.72. The minimum absolute atomic E-state index is 0.153. The van der Waals surface area contributed by atoms with Crippen LogP contribution in [-0.4, -0.2) is 50.0 Å². The van der Waals surface area contributed by atoms with Crippen LogP contribution in [0.1, 0.15) is 25.7 Å². The maximum Gasteiger partial charge on any atom is 0.322 e. The van der Waals surface area contributed by atoms with Gasteiger partial charge in [0.15, 0.2) is 0 Å². The van der Waals surface area contributed by atoms with E-state index in [1.807, 2.05) is 0 Å². The van der Waals surface area contributed by atoms with Crippen molar-refractivity contribution in [3.63, 3.8) is 0 Å². The molecule has 0 N–H and O–H groups in total. The first kappa shape index (κ1) is 16.9. The monoisotopic (exact) mass is 345 g/mol. The van der Waals surface area contributed by atoms with Gasteiger partial charge in [0, 0.05) is 19.5 Å². The van der Waals surface area contributed by atoms with Crippen LogP contribution in [-0.2, 0) is 19.6 Å². The maximum absolute atomic E-state index is 12.6. The Balaban J connectivity index is 1.88. The van der Waals surface area contributed by atoms with E-state index >= 15 is 0 Å². The molecule has 2 fully saturated rings. The number of piperidine rings is 1. The van der Waals surface area contributed by atoms with Crippen LogP contribution in [0.15, 0.2) is 0 Å². The molecular weight excluding hydrogens is 328 g/mol. The first-order valence-corrected chi connectivity index (χ1v) is 8.71. The van der Waals surface area contributed by atoms with E-state index in [2.05, 4.69) is 0 Å². The van der Waals surface area contributed by atoms with Gasteiger partial charge in [0.25, 0.3) is 0 Å². The second kappa shape index (κ2) is 5.62. The number of methoxy groups -OCH3 is 1. The number of esters is 1. The highest BCUT2D eigenvalue weighted by molar-refractivity contribution is 7.89. The molecule has 2 aliphatic rings. The van der Waals surface area contributed by atoms with E-state index in [1.54, 1.807) is 0 Å². The molecule has 0 aromatic rings. The predicted octanol–water partition coefficient (Wildman–Crippen LogP) is 1.81. The Hall–Kier alpha value is -0.470. The summed E-state index contributed by atoms with van der Waals surface area (Å²) in [5.74, 6) is -1.08. The number of carbonyl (C=O) groups excluding carboxylic acids is 1. The molecule has 122 valence electrons. The third-order valence-corrected chi connectivity index (χ3v) is 6.49. The lowest BCUT2D eigenvalue weighted by Gasteiger charge is -2.32. The van der Waals surface area contributed by atoms with Crippen molar-refractivity contribution in [2.75, 3.05) is 26.0 Å². The van der Waals surface area contributed by atoms with Crippen molar-refractivity contribution in [2.24, 2.45) is 11.3 Å². The highest BCUT2D eigenvalue weighted by Crippen LogP contribution is 2.59. The van der Waals surface area contributed by atoms with Crippen molar-refractivity contribution < 1.29 is 26.7 Å². The molecule has 0 unspecified atom stereocenters. The molecule has 1 saturated heterocycles. The van der Waals surface area contributed by atoms with Gasteiger partial charge < -0.3 is 4.74 Å². The van der Waals surface area contributed by atoms with Crippen LogP contribution in [0.25, 0.3) is 0 Å². The largest absolute Gasteiger partial charge is 0.469 e. The lowest BCUT2D eigenvalue weighted by Crippen LogP contribution is -2.41. The molecule has 0 amide bonds. The maximum atomic E-state index is 12.6. The van der Waals surface area contributed by atoms with Crippen molar-refractivity contribution in [1.29, 1.82) is 0 Å². The van der Waals surface area contributed by atoms with E-state index < -0.39 is 27.6 Å². The Bertz CT molecular complexity index is 512. The molecule has 9 heteroatoms. The first-order valence-electron chi connectivity index (χ1n) is 6.72. The molecule has 1 heterocycles. The zero-order valence-corrected chi connectivity index (χ0v) is 13.2. The fourth-order valence-corrected chi connectivity index (χ4v) is 4.68. The van der Waals surface area contributed by atoms with Crippen molar-refractivity contribution in [1.82, 2.24) is 4.31 Å². The zero-order chi connectivity index (χ0) is 15.9. The summed E-state index contributed by atoms with van der Waals surface area (Å²) >= 11 is 4.74. The Kier molecular flexibility index (Phi) is 4.52. The zero-order valence-electron chi connectivity index (χ0n) is 11.6. The fourth-order valence-electron chi connectivity index (χ4n) is 2.96. The standard InChI is InChI=1S/C12H18ClF2NO4S/c1-20-10(17)9-8-11(9)2-5-16(6-3-11)21(18,19)7-4-12(13,14)15/h9H,2-8H2,1H3/t9-/m0/s1. The van der Waals surface area contributed by atoms with Crippen LogP contribution in [0.3, 0.4) is 0 Å². The molecule has 2 rings (SSSR count). The Morgan fingerprint density at radius 2 is 2.00 bits per heavy atom. The van der Waals surface area contributed by atoms with Gasteiger partial charge in [-0.25, -0.2) is 12.7 Å². The smallest absolute Gasteiger partial charge is 0.322 e. The van der Waals surface area contributed by atoms with E-state index in [4.69, 9.17) is 16.3 Å². The summed E-state index contributed by atoms with van der Waals surface area (Å²) in [7, 11) is -2.40. The van der Waals surface area contributed by atoms with E-state index in [9.17, 15) is 22.0 Å². The van der Waals surface area contributed by atoms with Crippen molar-refractivity contribution in [2.45, 2.75) is 31.1 Å². The summed E-state index contributed by atoms with van der Waals surface area (Å²) in [6.07, 6.45) is 0.934. The third kappa shape index (κ3) is 3.84. The number of sulfonamides is 1. The van der Waals surface area contributed by atoms with Crippen LogP contribution in [0, 0.1) is 11.3 Å². The quantitative estimate of drug-likeness (QED) is 0.563. The van der Waals surface area contributed by atoms with Crippen LogP contribution < -0.4 is 0 Å². The summed E-state index contributed by atoms with van der Waals surface area (Å²) in [5, 5.41) is -3.50. The summed E-state index contributed by atoms with van der Waals surface area (Å²) in [6.45, 7) is 0.507. The van der Waals surface area contributed by atoms with Crippen LogP contribution in [0.2, 0.25) is 0 Å². The summed E-state index contributed by atoms with van der Waals surface area (Å²) < 4.78 is 55.0. The molecule has 0 aromatic heterocycles. The van der Waals surface area contributed by atoms with Gasteiger partial charge in [-0.1, -0.05) is 0 Å². The molecule has 0 aromatic carbocycles. The van der Waals surface area contributed by atoms with Gasteiger partial charge in [-0.15, -0.1) is 0 Å².